The number of hydrogen-bond donors (Lipinski definition) is 2. The molecule has 1 rings (SSSR count). The van der Waals surface area contributed by atoms with Crippen molar-refractivity contribution >= 4 is 5.97 Å². The van der Waals surface area contributed by atoms with E-state index in [4.69, 9.17) is 0 Å². The number of carboxylic acid groups (broad SMARTS) is 1. The third-order valence-corrected chi connectivity index (χ3v) is 4.64. The zero-order valence-electron chi connectivity index (χ0n) is 13.6. The molecule has 4 heteroatoms. The molecule has 1 aliphatic rings. The first kappa shape index (κ1) is 17.4. The largest absolute Gasteiger partial charge is 0.480 e. The molecule has 1 atom stereocenters. The molecule has 1 unspecified atom stereocenters. The van der Waals surface area contributed by atoms with Gasteiger partial charge >= 0.3 is 5.97 Å². The molecule has 20 heavy (non-hydrogen) atoms. The number of carboxylic acids is 1. The maximum absolute atomic E-state index is 11.2. The van der Waals surface area contributed by atoms with E-state index < -0.39 is 12.0 Å². The average Bonchev–Trinajstić information content (AvgIpc) is 2.38. The zero-order valence-corrected chi connectivity index (χ0v) is 13.6. The van der Waals surface area contributed by atoms with E-state index in [0.717, 1.165) is 19.5 Å². The molecule has 0 amide bonds. The summed E-state index contributed by atoms with van der Waals surface area (Å²) in [6.45, 7) is 8.38. The van der Waals surface area contributed by atoms with Gasteiger partial charge < -0.3 is 15.3 Å². The van der Waals surface area contributed by atoms with Gasteiger partial charge in [0.25, 0.3) is 0 Å². The first-order valence-corrected chi connectivity index (χ1v) is 8.02. The van der Waals surface area contributed by atoms with Crippen LogP contribution in [0.5, 0.6) is 0 Å². The van der Waals surface area contributed by atoms with E-state index >= 15 is 0 Å². The summed E-state index contributed by atoms with van der Waals surface area (Å²) in [6, 6.07) is 0.223. The molecule has 0 aromatic carbocycles. The van der Waals surface area contributed by atoms with E-state index in [1.165, 1.54) is 25.7 Å². The van der Waals surface area contributed by atoms with Crippen molar-refractivity contribution in [2.75, 3.05) is 20.1 Å². The van der Waals surface area contributed by atoms with Gasteiger partial charge in [0, 0.05) is 12.6 Å². The summed E-state index contributed by atoms with van der Waals surface area (Å²) < 4.78 is 0. The highest BCUT2D eigenvalue weighted by Crippen LogP contribution is 2.36. The molecule has 0 bridgehead atoms. The van der Waals surface area contributed by atoms with Gasteiger partial charge in [-0.1, -0.05) is 20.8 Å². The second-order valence-corrected chi connectivity index (χ2v) is 7.01. The van der Waals surface area contributed by atoms with Crippen molar-refractivity contribution in [3.05, 3.63) is 0 Å². The first-order valence-electron chi connectivity index (χ1n) is 8.02. The lowest BCUT2D eigenvalue weighted by Crippen LogP contribution is -2.43. The van der Waals surface area contributed by atoms with E-state index in [-0.39, 0.29) is 0 Å². The van der Waals surface area contributed by atoms with Gasteiger partial charge in [0.2, 0.25) is 0 Å². The van der Waals surface area contributed by atoms with Gasteiger partial charge in [-0.2, -0.15) is 0 Å². The SMILES string of the molecule is CCCNC(CCN(C)C1CCC(C)(C)CC1)C(=O)O. The van der Waals surface area contributed by atoms with Gasteiger partial charge in [0.15, 0.2) is 0 Å². The molecule has 1 aliphatic carbocycles. The van der Waals surface area contributed by atoms with Gasteiger partial charge in [-0.05, 0) is 57.5 Å². The monoisotopic (exact) mass is 284 g/mol. The van der Waals surface area contributed by atoms with Crippen LogP contribution >= 0.6 is 0 Å². The van der Waals surface area contributed by atoms with E-state index in [0.29, 0.717) is 17.9 Å². The molecule has 118 valence electrons. The number of carbonyl (C=O) groups is 1. The van der Waals surface area contributed by atoms with E-state index in [1.807, 2.05) is 0 Å². The highest BCUT2D eigenvalue weighted by atomic mass is 16.4. The summed E-state index contributed by atoms with van der Waals surface area (Å²) in [4.78, 5) is 13.6. The van der Waals surface area contributed by atoms with Crippen LogP contribution in [-0.2, 0) is 4.79 Å². The highest BCUT2D eigenvalue weighted by molar-refractivity contribution is 5.73. The lowest BCUT2D eigenvalue weighted by atomic mass is 9.75. The summed E-state index contributed by atoms with van der Waals surface area (Å²) in [7, 11) is 2.14. The maximum atomic E-state index is 11.2. The number of nitrogens with zero attached hydrogens (tertiary/aromatic N) is 1. The minimum absolute atomic E-state index is 0.405. The molecule has 0 spiro atoms. The van der Waals surface area contributed by atoms with Crippen molar-refractivity contribution in [1.82, 2.24) is 10.2 Å². The number of aliphatic carboxylic acids is 1. The van der Waals surface area contributed by atoms with Crippen LogP contribution < -0.4 is 5.32 Å². The molecule has 1 saturated carbocycles. The molecule has 1 fully saturated rings. The summed E-state index contributed by atoms with van der Waals surface area (Å²) >= 11 is 0. The number of nitrogens with one attached hydrogen (secondary N) is 1. The van der Waals surface area contributed by atoms with E-state index in [9.17, 15) is 9.90 Å². The summed E-state index contributed by atoms with van der Waals surface area (Å²) in [5.41, 5.74) is 0.490. The third-order valence-electron chi connectivity index (χ3n) is 4.64. The first-order chi connectivity index (χ1) is 9.35. The van der Waals surface area contributed by atoms with Crippen molar-refractivity contribution in [3.8, 4) is 0 Å². The molecule has 4 nitrogen and oxygen atoms in total. The van der Waals surface area contributed by atoms with Crippen LogP contribution in [0.1, 0.15) is 59.3 Å². The Hall–Kier alpha value is -0.610. The lowest BCUT2D eigenvalue weighted by Gasteiger charge is -2.38. The van der Waals surface area contributed by atoms with Crippen LogP contribution in [0.4, 0.5) is 0 Å². The van der Waals surface area contributed by atoms with Crippen LogP contribution in [0.25, 0.3) is 0 Å². The van der Waals surface area contributed by atoms with Crippen molar-refractivity contribution < 1.29 is 9.90 Å². The van der Waals surface area contributed by atoms with Gasteiger partial charge in [-0.3, -0.25) is 4.79 Å². The normalized spacial score (nSPS) is 21.1. The molecule has 0 aromatic heterocycles. The Labute approximate surface area is 123 Å². The molecular formula is C16H32N2O2. The topological polar surface area (TPSA) is 52.6 Å². The second kappa shape index (κ2) is 7.99. The summed E-state index contributed by atoms with van der Waals surface area (Å²) in [5.74, 6) is -0.725. The minimum Gasteiger partial charge on any atom is -0.480 e. The number of hydrogen-bond acceptors (Lipinski definition) is 3. The van der Waals surface area contributed by atoms with Gasteiger partial charge in [0.05, 0.1) is 0 Å². The van der Waals surface area contributed by atoms with E-state index in [1.54, 1.807) is 0 Å². The predicted octanol–water partition coefficient (Wildman–Crippen LogP) is 2.73. The smallest absolute Gasteiger partial charge is 0.320 e. The predicted molar refractivity (Wildman–Crippen MR) is 83.0 cm³/mol. The zero-order chi connectivity index (χ0) is 15.2. The Balaban J connectivity index is 2.34. The van der Waals surface area contributed by atoms with Gasteiger partial charge in [-0.15, -0.1) is 0 Å². The molecule has 0 aliphatic heterocycles. The molecule has 0 saturated heterocycles. The summed E-state index contributed by atoms with van der Waals surface area (Å²) in [6.07, 6.45) is 6.69. The fourth-order valence-corrected chi connectivity index (χ4v) is 2.97. The van der Waals surface area contributed by atoms with Gasteiger partial charge in [-0.25, -0.2) is 0 Å². The third kappa shape index (κ3) is 5.80. The molecule has 0 radical (unpaired) electrons. The lowest BCUT2D eigenvalue weighted by molar-refractivity contribution is -0.139. The molecular weight excluding hydrogens is 252 g/mol. The van der Waals surface area contributed by atoms with Crippen molar-refractivity contribution in [3.63, 3.8) is 0 Å². The van der Waals surface area contributed by atoms with Crippen LogP contribution in [0.2, 0.25) is 0 Å². The van der Waals surface area contributed by atoms with E-state index in [2.05, 4.69) is 38.0 Å². The number of rotatable bonds is 8. The highest BCUT2D eigenvalue weighted by Gasteiger charge is 2.29. The standard InChI is InChI=1S/C16H32N2O2/c1-5-11-17-14(15(19)20)8-12-18(4)13-6-9-16(2,3)10-7-13/h13-14,17H,5-12H2,1-4H3,(H,19,20). The fraction of sp³-hybridized carbons (Fsp3) is 0.938. The van der Waals surface area contributed by atoms with Crippen molar-refractivity contribution in [2.24, 2.45) is 5.41 Å². The molecule has 2 N–H and O–H groups in total. The maximum Gasteiger partial charge on any atom is 0.320 e. The van der Waals surface area contributed by atoms with Crippen LogP contribution in [0, 0.1) is 5.41 Å². The van der Waals surface area contributed by atoms with Crippen LogP contribution in [-0.4, -0.2) is 48.2 Å². The van der Waals surface area contributed by atoms with Gasteiger partial charge in [0.1, 0.15) is 6.04 Å². The Bertz CT molecular complexity index is 295. The Morgan fingerprint density at radius 3 is 2.50 bits per heavy atom. The quantitative estimate of drug-likeness (QED) is 0.719. The molecule has 0 heterocycles. The minimum atomic E-state index is -0.725. The average molecular weight is 284 g/mol. The van der Waals surface area contributed by atoms with Crippen molar-refractivity contribution in [1.29, 1.82) is 0 Å². The van der Waals surface area contributed by atoms with Crippen molar-refractivity contribution in [2.45, 2.75) is 71.4 Å². The van der Waals surface area contributed by atoms with Crippen LogP contribution in [0.3, 0.4) is 0 Å². The second-order valence-electron chi connectivity index (χ2n) is 7.01. The van der Waals surface area contributed by atoms with Crippen LogP contribution in [0.15, 0.2) is 0 Å². The Kier molecular flexibility index (Phi) is 6.96. The Morgan fingerprint density at radius 1 is 1.40 bits per heavy atom. The fourth-order valence-electron chi connectivity index (χ4n) is 2.97. The Morgan fingerprint density at radius 2 is 2.00 bits per heavy atom. The summed E-state index contributed by atoms with van der Waals surface area (Å²) in [5, 5.41) is 12.3. The molecule has 0 aromatic rings.